The van der Waals surface area contributed by atoms with E-state index in [-0.39, 0.29) is 24.0 Å². The molecule has 0 radical (unpaired) electrons. The molecule has 1 amide bonds. The second kappa shape index (κ2) is 10.1. The Morgan fingerprint density at radius 1 is 0.975 bits per heavy atom. The van der Waals surface area contributed by atoms with E-state index in [2.05, 4.69) is 14.9 Å². The van der Waals surface area contributed by atoms with E-state index in [4.69, 9.17) is 9.72 Å². The van der Waals surface area contributed by atoms with Crippen molar-refractivity contribution in [2.45, 2.75) is 45.1 Å². The highest BCUT2D eigenvalue weighted by atomic mass is 19.2. The van der Waals surface area contributed by atoms with Gasteiger partial charge in [0.25, 0.3) is 5.91 Å². The van der Waals surface area contributed by atoms with Crippen LogP contribution in [0.4, 0.5) is 26.1 Å². The van der Waals surface area contributed by atoms with Gasteiger partial charge >= 0.3 is 5.97 Å². The lowest BCUT2D eigenvalue weighted by atomic mass is 9.92. The Hall–Kier alpha value is -4.15. The molecule has 0 saturated carbocycles. The van der Waals surface area contributed by atoms with Gasteiger partial charge in [0.1, 0.15) is 11.5 Å². The monoisotopic (exact) mass is 550 g/mol. The number of ether oxygens (including phenoxy) is 1. The van der Waals surface area contributed by atoms with Crippen LogP contribution in [0.15, 0.2) is 42.7 Å². The Morgan fingerprint density at radius 2 is 1.75 bits per heavy atom. The second-order valence-electron chi connectivity index (χ2n) is 11.5. The first-order chi connectivity index (χ1) is 18.9. The number of rotatable bonds is 5. The standard InChI is InChI=1S/C29H32F2N6O3/c1-28(2)16-36(19-7-8-20(30)21(31)13-19)26-25(28)34-22(15-33-26)27(39)37-11-10-35(17-29(37,3)4)23-9-6-18(14-32-23)12-24(38)40-5/h6-9,13-15H,10-12,16-17H2,1-5H3. The Morgan fingerprint density at radius 3 is 2.40 bits per heavy atom. The quantitative estimate of drug-likeness (QED) is 0.440. The Bertz CT molecular complexity index is 1460. The maximum Gasteiger partial charge on any atom is 0.310 e. The normalized spacial score (nSPS) is 17.5. The molecule has 2 aliphatic heterocycles. The predicted molar refractivity (Wildman–Crippen MR) is 146 cm³/mol. The number of anilines is 3. The summed E-state index contributed by atoms with van der Waals surface area (Å²) in [6, 6.07) is 7.47. The highest BCUT2D eigenvalue weighted by molar-refractivity contribution is 5.93. The fourth-order valence-corrected chi connectivity index (χ4v) is 5.36. The number of benzene rings is 1. The average Bonchev–Trinajstić information content (AvgIpc) is 3.19. The molecule has 0 spiro atoms. The summed E-state index contributed by atoms with van der Waals surface area (Å²) in [6.07, 6.45) is 3.29. The number of pyridine rings is 1. The molecule has 0 bridgehead atoms. The van der Waals surface area contributed by atoms with Gasteiger partial charge in [-0.25, -0.2) is 23.7 Å². The van der Waals surface area contributed by atoms with Gasteiger partial charge in [0, 0.05) is 49.5 Å². The number of esters is 1. The lowest BCUT2D eigenvalue weighted by molar-refractivity contribution is -0.139. The van der Waals surface area contributed by atoms with Crippen LogP contribution in [-0.4, -0.2) is 70.6 Å². The third-order valence-corrected chi connectivity index (χ3v) is 7.49. The van der Waals surface area contributed by atoms with Crippen LogP contribution in [0.5, 0.6) is 0 Å². The van der Waals surface area contributed by atoms with Gasteiger partial charge in [-0.1, -0.05) is 19.9 Å². The number of piperazine rings is 1. The van der Waals surface area contributed by atoms with Crippen molar-refractivity contribution < 1.29 is 23.1 Å². The minimum Gasteiger partial charge on any atom is -0.469 e. The van der Waals surface area contributed by atoms with Gasteiger partial charge in [-0.05, 0) is 37.6 Å². The van der Waals surface area contributed by atoms with Crippen LogP contribution in [0.2, 0.25) is 0 Å². The zero-order chi connectivity index (χ0) is 28.8. The van der Waals surface area contributed by atoms with Crippen molar-refractivity contribution in [3.63, 3.8) is 0 Å². The van der Waals surface area contributed by atoms with E-state index in [1.165, 1.54) is 19.4 Å². The molecule has 1 saturated heterocycles. The van der Waals surface area contributed by atoms with E-state index in [1.54, 1.807) is 16.0 Å². The van der Waals surface area contributed by atoms with E-state index >= 15 is 0 Å². The number of hydrogen-bond acceptors (Lipinski definition) is 8. The van der Waals surface area contributed by atoms with Crippen molar-refractivity contribution in [2.24, 2.45) is 0 Å². The summed E-state index contributed by atoms with van der Waals surface area (Å²) in [5, 5.41) is 0. The summed E-state index contributed by atoms with van der Waals surface area (Å²) in [4.78, 5) is 44.8. The van der Waals surface area contributed by atoms with Crippen LogP contribution in [0.1, 0.15) is 49.4 Å². The Balaban J connectivity index is 1.34. The van der Waals surface area contributed by atoms with Crippen molar-refractivity contribution in [2.75, 3.05) is 43.1 Å². The molecule has 2 aromatic heterocycles. The minimum atomic E-state index is -0.933. The van der Waals surface area contributed by atoms with Gasteiger partial charge in [-0.3, -0.25) is 9.59 Å². The SMILES string of the molecule is COC(=O)Cc1ccc(N2CCN(C(=O)c3cnc4c(n3)C(C)(C)CN4c3ccc(F)c(F)c3)C(C)(C)C2)nc1. The molecule has 11 heteroatoms. The van der Waals surface area contributed by atoms with Crippen molar-refractivity contribution in [1.29, 1.82) is 0 Å². The molecule has 3 aromatic rings. The van der Waals surface area contributed by atoms with Crippen molar-refractivity contribution in [3.8, 4) is 0 Å². The number of carbonyl (C=O) groups excluding carboxylic acids is 2. The molecule has 9 nitrogen and oxygen atoms in total. The largest absolute Gasteiger partial charge is 0.469 e. The van der Waals surface area contributed by atoms with Crippen LogP contribution in [0, 0.1) is 11.6 Å². The number of aromatic nitrogens is 3. The van der Waals surface area contributed by atoms with Gasteiger partial charge < -0.3 is 19.4 Å². The van der Waals surface area contributed by atoms with E-state index in [0.29, 0.717) is 43.4 Å². The van der Waals surface area contributed by atoms with Gasteiger partial charge in [-0.15, -0.1) is 0 Å². The fourth-order valence-electron chi connectivity index (χ4n) is 5.36. The molecule has 0 unspecified atom stereocenters. The summed E-state index contributed by atoms with van der Waals surface area (Å²) in [5.41, 5.74) is 1.12. The molecule has 4 heterocycles. The van der Waals surface area contributed by atoms with Crippen LogP contribution in [-0.2, 0) is 21.4 Å². The lowest BCUT2D eigenvalue weighted by Gasteiger charge is -2.47. The predicted octanol–water partition coefficient (Wildman–Crippen LogP) is 4.04. The van der Waals surface area contributed by atoms with Crippen LogP contribution in [0.25, 0.3) is 0 Å². The zero-order valence-corrected chi connectivity index (χ0v) is 23.2. The summed E-state index contributed by atoms with van der Waals surface area (Å²) >= 11 is 0. The van der Waals surface area contributed by atoms with Crippen molar-refractivity contribution in [1.82, 2.24) is 19.9 Å². The molecule has 0 aliphatic carbocycles. The highest BCUT2D eigenvalue weighted by Gasteiger charge is 2.42. The van der Waals surface area contributed by atoms with E-state index < -0.39 is 22.6 Å². The number of carbonyl (C=O) groups is 2. The van der Waals surface area contributed by atoms with E-state index in [1.807, 2.05) is 39.8 Å². The third kappa shape index (κ3) is 5.07. The zero-order valence-electron chi connectivity index (χ0n) is 23.2. The van der Waals surface area contributed by atoms with Gasteiger partial charge in [0.05, 0.1) is 31.0 Å². The van der Waals surface area contributed by atoms with Crippen LogP contribution >= 0.6 is 0 Å². The van der Waals surface area contributed by atoms with Crippen molar-refractivity contribution in [3.05, 3.63) is 71.3 Å². The van der Waals surface area contributed by atoms with E-state index in [9.17, 15) is 18.4 Å². The first-order valence-electron chi connectivity index (χ1n) is 13.1. The number of halogens is 2. The summed E-state index contributed by atoms with van der Waals surface area (Å²) < 4.78 is 32.2. The van der Waals surface area contributed by atoms with Gasteiger partial charge in [0.15, 0.2) is 17.5 Å². The lowest BCUT2D eigenvalue weighted by Crippen LogP contribution is -2.61. The van der Waals surface area contributed by atoms with Crippen LogP contribution in [0.3, 0.4) is 0 Å². The Kier molecular flexibility index (Phi) is 6.93. The van der Waals surface area contributed by atoms with E-state index in [0.717, 1.165) is 23.5 Å². The number of nitrogens with zero attached hydrogens (tertiary/aromatic N) is 6. The molecular weight excluding hydrogens is 518 g/mol. The molecule has 2 aliphatic rings. The molecule has 0 atom stereocenters. The summed E-state index contributed by atoms with van der Waals surface area (Å²) in [5.74, 6) is -1.09. The first-order valence-corrected chi connectivity index (χ1v) is 13.1. The maximum absolute atomic E-state index is 14.0. The number of hydrogen-bond donors (Lipinski definition) is 0. The minimum absolute atomic E-state index is 0.161. The fraction of sp³-hybridized carbons (Fsp3) is 0.414. The van der Waals surface area contributed by atoms with Gasteiger partial charge in [-0.2, -0.15) is 0 Å². The smallest absolute Gasteiger partial charge is 0.310 e. The number of methoxy groups -OCH3 is 1. The highest BCUT2D eigenvalue weighted by Crippen LogP contribution is 2.42. The second-order valence-corrected chi connectivity index (χ2v) is 11.5. The van der Waals surface area contributed by atoms with Crippen molar-refractivity contribution >= 4 is 29.2 Å². The molecule has 5 rings (SSSR count). The molecule has 1 aromatic carbocycles. The number of amides is 1. The summed E-state index contributed by atoms with van der Waals surface area (Å²) in [7, 11) is 1.35. The molecule has 210 valence electrons. The third-order valence-electron chi connectivity index (χ3n) is 7.49. The topological polar surface area (TPSA) is 91.8 Å². The molecule has 40 heavy (non-hydrogen) atoms. The maximum atomic E-state index is 14.0. The molecule has 1 fully saturated rings. The molecule has 0 N–H and O–H groups in total. The molecular formula is C29H32F2N6O3. The summed E-state index contributed by atoms with van der Waals surface area (Å²) in [6.45, 7) is 10.0. The number of fused-ring (bicyclic) bond motifs is 1. The average molecular weight is 551 g/mol. The Labute approximate surface area is 231 Å². The van der Waals surface area contributed by atoms with Crippen LogP contribution < -0.4 is 9.80 Å². The first kappa shape index (κ1) is 27.4. The van der Waals surface area contributed by atoms with Gasteiger partial charge in [0.2, 0.25) is 0 Å².